The highest BCUT2D eigenvalue weighted by Crippen LogP contribution is 2.20. The number of rotatable bonds is 3. The largest absolute Gasteiger partial charge is 0.479 e. The summed E-state index contributed by atoms with van der Waals surface area (Å²) >= 11 is 0. The lowest BCUT2D eigenvalue weighted by molar-refractivity contribution is -0.126. The molecule has 16 heavy (non-hydrogen) atoms. The van der Waals surface area contributed by atoms with Gasteiger partial charge in [0.15, 0.2) is 6.10 Å². The fourth-order valence-electron chi connectivity index (χ4n) is 1.05. The molecule has 1 atom stereocenters. The van der Waals surface area contributed by atoms with E-state index < -0.39 is 18.0 Å². The van der Waals surface area contributed by atoms with E-state index in [1.807, 2.05) is 5.32 Å². The van der Waals surface area contributed by atoms with Crippen molar-refractivity contribution >= 4 is 17.6 Å². The molecule has 0 aliphatic heterocycles. The van der Waals surface area contributed by atoms with Gasteiger partial charge < -0.3 is 16.2 Å². The Balaban J connectivity index is 2.64. The number of para-hydroxylation sites is 2. The maximum absolute atomic E-state index is 11.3. The van der Waals surface area contributed by atoms with E-state index in [0.717, 1.165) is 0 Å². The Labute approximate surface area is 92.6 Å². The summed E-state index contributed by atoms with van der Waals surface area (Å²) in [6.07, 6.45) is -0.850. The summed E-state index contributed by atoms with van der Waals surface area (Å²) in [6.45, 7) is 1.49. The lowest BCUT2D eigenvalue weighted by atomic mass is 10.3. The van der Waals surface area contributed by atoms with Crippen molar-refractivity contribution in [3.8, 4) is 5.75 Å². The van der Waals surface area contributed by atoms with Gasteiger partial charge >= 0.3 is 6.03 Å². The van der Waals surface area contributed by atoms with Crippen LogP contribution in [0.3, 0.4) is 0 Å². The van der Waals surface area contributed by atoms with Crippen molar-refractivity contribution in [2.75, 3.05) is 5.73 Å². The molecule has 0 fully saturated rings. The molecule has 86 valence electrons. The number of primary amides is 1. The van der Waals surface area contributed by atoms with E-state index in [2.05, 4.69) is 0 Å². The van der Waals surface area contributed by atoms with Crippen molar-refractivity contribution in [2.24, 2.45) is 5.73 Å². The molecule has 0 radical (unpaired) electrons. The van der Waals surface area contributed by atoms with Gasteiger partial charge in [-0.3, -0.25) is 10.1 Å². The lowest BCUT2D eigenvalue weighted by Gasteiger charge is -2.14. The minimum atomic E-state index is -0.915. The van der Waals surface area contributed by atoms with Crippen LogP contribution in [0.4, 0.5) is 10.5 Å². The quantitative estimate of drug-likeness (QED) is 0.637. The van der Waals surface area contributed by atoms with Crippen molar-refractivity contribution < 1.29 is 14.3 Å². The Hall–Kier alpha value is -2.24. The minimum Gasteiger partial charge on any atom is -0.479 e. The highest BCUT2D eigenvalue weighted by molar-refractivity contribution is 5.95. The monoisotopic (exact) mass is 223 g/mol. The van der Waals surface area contributed by atoms with Crippen molar-refractivity contribution in [1.82, 2.24) is 5.32 Å². The number of benzene rings is 1. The topological polar surface area (TPSA) is 107 Å². The number of carbonyl (C=O) groups is 2. The molecule has 0 aliphatic carbocycles. The summed E-state index contributed by atoms with van der Waals surface area (Å²) in [7, 11) is 0. The van der Waals surface area contributed by atoms with Crippen molar-refractivity contribution in [2.45, 2.75) is 13.0 Å². The number of carbonyl (C=O) groups excluding carboxylic acids is 2. The number of ether oxygens (including phenoxy) is 1. The number of nitrogens with two attached hydrogens (primary N) is 2. The summed E-state index contributed by atoms with van der Waals surface area (Å²) in [6, 6.07) is 5.83. The zero-order chi connectivity index (χ0) is 12.1. The van der Waals surface area contributed by atoms with Gasteiger partial charge in [-0.05, 0) is 19.1 Å². The Morgan fingerprint density at radius 2 is 2.00 bits per heavy atom. The number of nitrogens with one attached hydrogen (secondary N) is 1. The van der Waals surface area contributed by atoms with E-state index >= 15 is 0 Å². The molecule has 1 aromatic rings. The summed E-state index contributed by atoms with van der Waals surface area (Å²) in [5.41, 5.74) is 10.8. The van der Waals surface area contributed by atoms with Gasteiger partial charge in [0.1, 0.15) is 5.75 Å². The predicted molar refractivity (Wildman–Crippen MR) is 58.7 cm³/mol. The fraction of sp³-hybridized carbons (Fsp3) is 0.200. The molecule has 6 heteroatoms. The molecule has 0 aromatic heterocycles. The first kappa shape index (κ1) is 11.8. The highest BCUT2D eigenvalue weighted by Gasteiger charge is 2.16. The summed E-state index contributed by atoms with van der Waals surface area (Å²) in [5, 5.41) is 1.92. The van der Waals surface area contributed by atoms with Crippen LogP contribution in [0.1, 0.15) is 6.92 Å². The molecule has 3 amide bonds. The molecular weight excluding hydrogens is 210 g/mol. The van der Waals surface area contributed by atoms with Gasteiger partial charge in [0.25, 0.3) is 5.91 Å². The lowest BCUT2D eigenvalue weighted by Crippen LogP contribution is -2.42. The van der Waals surface area contributed by atoms with Crippen LogP contribution in [0.15, 0.2) is 24.3 Å². The Bertz CT molecular complexity index is 406. The number of imide groups is 1. The van der Waals surface area contributed by atoms with Crippen molar-refractivity contribution in [3.05, 3.63) is 24.3 Å². The molecule has 1 rings (SSSR count). The van der Waals surface area contributed by atoms with Gasteiger partial charge in [-0.25, -0.2) is 4.79 Å². The molecule has 0 bridgehead atoms. The molecule has 0 saturated carbocycles. The van der Waals surface area contributed by atoms with Crippen LogP contribution in [0, 0.1) is 0 Å². The van der Waals surface area contributed by atoms with Gasteiger partial charge in [0, 0.05) is 0 Å². The highest BCUT2D eigenvalue weighted by atomic mass is 16.5. The fourth-order valence-corrected chi connectivity index (χ4v) is 1.05. The summed E-state index contributed by atoms with van der Waals surface area (Å²) in [4.78, 5) is 21.7. The van der Waals surface area contributed by atoms with Gasteiger partial charge in [0.05, 0.1) is 5.69 Å². The molecular formula is C10H13N3O3. The summed E-state index contributed by atoms with van der Waals surface area (Å²) in [5.74, 6) is -0.231. The second kappa shape index (κ2) is 5.01. The number of urea groups is 1. The first-order valence-corrected chi connectivity index (χ1v) is 4.62. The van der Waals surface area contributed by atoms with Gasteiger partial charge in [-0.15, -0.1) is 0 Å². The molecule has 1 aromatic carbocycles. The SMILES string of the molecule is CC(Oc1ccccc1N)C(=O)NC(N)=O. The van der Waals surface area contributed by atoms with Crippen LogP contribution in [-0.4, -0.2) is 18.0 Å². The average Bonchev–Trinajstić information content (AvgIpc) is 2.20. The number of nitrogen functional groups attached to an aromatic ring is 1. The van der Waals surface area contributed by atoms with E-state index in [0.29, 0.717) is 11.4 Å². The number of anilines is 1. The van der Waals surface area contributed by atoms with E-state index in [-0.39, 0.29) is 0 Å². The van der Waals surface area contributed by atoms with Gasteiger partial charge in [0.2, 0.25) is 0 Å². The Morgan fingerprint density at radius 1 is 1.38 bits per heavy atom. The zero-order valence-corrected chi connectivity index (χ0v) is 8.77. The molecule has 0 heterocycles. The second-order valence-electron chi connectivity index (χ2n) is 3.15. The van der Waals surface area contributed by atoms with Gasteiger partial charge in [-0.1, -0.05) is 12.1 Å². The third kappa shape index (κ3) is 3.16. The van der Waals surface area contributed by atoms with Crippen LogP contribution in [-0.2, 0) is 4.79 Å². The van der Waals surface area contributed by atoms with Crippen LogP contribution in [0.2, 0.25) is 0 Å². The minimum absolute atomic E-state index is 0.384. The predicted octanol–water partition coefficient (Wildman–Crippen LogP) is 0.231. The molecule has 5 N–H and O–H groups in total. The third-order valence-electron chi connectivity index (χ3n) is 1.84. The van der Waals surface area contributed by atoms with E-state index in [9.17, 15) is 9.59 Å². The molecule has 0 aliphatic rings. The van der Waals surface area contributed by atoms with Crippen molar-refractivity contribution in [1.29, 1.82) is 0 Å². The normalized spacial score (nSPS) is 11.6. The standard InChI is InChI=1S/C10H13N3O3/c1-6(9(14)13-10(12)15)16-8-5-3-2-4-7(8)11/h2-6H,11H2,1H3,(H3,12,13,14,15). The maximum atomic E-state index is 11.3. The third-order valence-corrected chi connectivity index (χ3v) is 1.84. The summed E-state index contributed by atoms with van der Waals surface area (Å²) < 4.78 is 5.26. The number of hydrogen-bond donors (Lipinski definition) is 3. The van der Waals surface area contributed by atoms with E-state index in [4.69, 9.17) is 16.2 Å². The van der Waals surface area contributed by atoms with Gasteiger partial charge in [-0.2, -0.15) is 0 Å². The van der Waals surface area contributed by atoms with Crippen molar-refractivity contribution in [3.63, 3.8) is 0 Å². The van der Waals surface area contributed by atoms with Crippen LogP contribution < -0.4 is 21.5 Å². The maximum Gasteiger partial charge on any atom is 0.318 e. The average molecular weight is 223 g/mol. The number of hydrogen-bond acceptors (Lipinski definition) is 4. The molecule has 1 unspecified atom stereocenters. The smallest absolute Gasteiger partial charge is 0.318 e. The Kier molecular flexibility index (Phi) is 3.71. The van der Waals surface area contributed by atoms with E-state index in [1.165, 1.54) is 6.92 Å². The number of amides is 3. The van der Waals surface area contributed by atoms with Crippen LogP contribution in [0.25, 0.3) is 0 Å². The van der Waals surface area contributed by atoms with Crippen LogP contribution in [0.5, 0.6) is 5.75 Å². The Morgan fingerprint density at radius 3 is 2.56 bits per heavy atom. The second-order valence-corrected chi connectivity index (χ2v) is 3.15. The van der Waals surface area contributed by atoms with Crippen LogP contribution >= 0.6 is 0 Å². The molecule has 6 nitrogen and oxygen atoms in total. The first-order valence-electron chi connectivity index (χ1n) is 4.62. The van der Waals surface area contributed by atoms with E-state index in [1.54, 1.807) is 24.3 Å². The zero-order valence-electron chi connectivity index (χ0n) is 8.77. The first-order chi connectivity index (χ1) is 7.50. The molecule has 0 spiro atoms. The molecule has 0 saturated heterocycles.